The van der Waals surface area contributed by atoms with Gasteiger partial charge in [0.2, 0.25) is 5.89 Å². The molecule has 0 radical (unpaired) electrons. The number of piperidine rings is 1. The molecule has 1 aliphatic heterocycles. The topological polar surface area (TPSA) is 63.2 Å². The molecule has 0 unspecified atom stereocenters. The molecule has 2 aromatic rings. The van der Waals surface area contributed by atoms with Crippen LogP contribution in [0.15, 0.2) is 17.0 Å². The summed E-state index contributed by atoms with van der Waals surface area (Å²) in [5, 5.41) is 3.99. The van der Waals surface area contributed by atoms with Gasteiger partial charge in [0.05, 0.1) is 24.6 Å². The fraction of sp³-hybridized carbons (Fsp3) is 0.688. The highest BCUT2D eigenvalue weighted by atomic mass is 16.5. The number of aryl methyl sites for hydroxylation is 2. The summed E-state index contributed by atoms with van der Waals surface area (Å²) in [6, 6.07) is 0.408. The number of nitrogens with zero attached hydrogens (tertiary/aromatic N) is 6. The maximum atomic E-state index is 5.06. The van der Waals surface area contributed by atoms with Crippen molar-refractivity contribution in [2.75, 3.05) is 27.2 Å². The first-order chi connectivity index (χ1) is 11.0. The van der Waals surface area contributed by atoms with Crippen LogP contribution < -0.4 is 0 Å². The number of hydrogen-bond donors (Lipinski definition) is 0. The maximum absolute atomic E-state index is 5.06. The minimum absolute atomic E-state index is 0.408. The van der Waals surface area contributed by atoms with E-state index in [1.165, 1.54) is 18.5 Å². The van der Waals surface area contributed by atoms with E-state index in [1.54, 1.807) is 0 Å². The third-order valence-electron chi connectivity index (χ3n) is 4.69. The minimum Gasteiger partial charge on any atom is -0.340 e. The summed E-state index contributed by atoms with van der Waals surface area (Å²) in [5.74, 6) is 1.95. The van der Waals surface area contributed by atoms with Gasteiger partial charge in [-0.05, 0) is 39.4 Å². The lowest BCUT2D eigenvalue weighted by Gasteiger charge is -2.40. The summed E-state index contributed by atoms with van der Waals surface area (Å²) < 4.78 is 7.20. The second-order valence-corrected chi connectivity index (χ2v) is 6.68. The van der Waals surface area contributed by atoms with Gasteiger partial charge in [-0.15, -0.1) is 0 Å². The van der Waals surface area contributed by atoms with Crippen molar-refractivity contribution in [3.63, 3.8) is 0 Å². The summed E-state index contributed by atoms with van der Waals surface area (Å²) in [6.45, 7) is 4.69. The van der Waals surface area contributed by atoms with E-state index in [0.29, 0.717) is 17.9 Å². The van der Waals surface area contributed by atoms with Gasteiger partial charge in [-0.2, -0.15) is 4.98 Å². The first-order valence-electron chi connectivity index (χ1n) is 8.18. The zero-order valence-corrected chi connectivity index (χ0v) is 14.4. The van der Waals surface area contributed by atoms with Crippen LogP contribution in [0.3, 0.4) is 0 Å². The van der Waals surface area contributed by atoms with Crippen LogP contribution in [0.2, 0.25) is 0 Å². The number of rotatable bonds is 5. The van der Waals surface area contributed by atoms with Crippen LogP contribution in [0.4, 0.5) is 0 Å². The first-order valence-corrected chi connectivity index (χ1v) is 8.18. The smallest absolute Gasteiger partial charge is 0.223 e. The molecule has 1 fully saturated rings. The Kier molecular flexibility index (Phi) is 4.77. The largest absolute Gasteiger partial charge is 0.340 e. The highest BCUT2D eigenvalue weighted by Gasteiger charge is 2.33. The molecule has 1 saturated heterocycles. The molecule has 0 aliphatic carbocycles. The van der Waals surface area contributed by atoms with Crippen LogP contribution in [-0.4, -0.2) is 56.7 Å². The molecule has 0 N–H and O–H groups in total. The number of imidazole rings is 1. The van der Waals surface area contributed by atoms with Crippen molar-refractivity contribution in [3.8, 4) is 0 Å². The Balaban J connectivity index is 1.70. The molecule has 0 amide bonds. The van der Waals surface area contributed by atoms with Crippen molar-refractivity contribution in [1.82, 2.24) is 29.5 Å². The Morgan fingerprint density at radius 1 is 1.39 bits per heavy atom. The van der Waals surface area contributed by atoms with Crippen LogP contribution in [0.25, 0.3) is 0 Å². The molecule has 0 aromatic carbocycles. The Morgan fingerprint density at radius 2 is 2.22 bits per heavy atom. The number of likely N-dealkylation sites (tertiary alicyclic amines) is 1. The lowest BCUT2D eigenvalue weighted by Crippen LogP contribution is -2.41. The molecule has 1 aliphatic rings. The summed E-state index contributed by atoms with van der Waals surface area (Å²) in [4.78, 5) is 13.3. The van der Waals surface area contributed by atoms with Crippen molar-refractivity contribution in [1.29, 1.82) is 0 Å². The molecular formula is C16H26N6O. The average Bonchev–Trinajstić information content (AvgIpc) is 3.08. The standard InChI is InChI=1S/C16H26N6O/c1-12-18-15(19-23-12)10-20(2)9-13-6-5-7-21(3)16(13)14-8-17-11-22(14)4/h8,11,13,16H,5-7,9-10H2,1-4H3/t13-,16+/m0/s1. The molecule has 7 nitrogen and oxygen atoms in total. The van der Waals surface area contributed by atoms with Crippen molar-refractivity contribution in [2.24, 2.45) is 13.0 Å². The van der Waals surface area contributed by atoms with Crippen LogP contribution in [-0.2, 0) is 13.6 Å². The third-order valence-corrected chi connectivity index (χ3v) is 4.69. The zero-order valence-electron chi connectivity index (χ0n) is 14.4. The fourth-order valence-corrected chi connectivity index (χ4v) is 3.68. The van der Waals surface area contributed by atoms with E-state index in [0.717, 1.165) is 25.5 Å². The average molecular weight is 318 g/mol. The summed E-state index contributed by atoms with van der Waals surface area (Å²) in [7, 11) is 6.42. The Labute approximate surface area is 137 Å². The molecule has 2 atom stereocenters. The minimum atomic E-state index is 0.408. The molecule has 7 heteroatoms. The van der Waals surface area contributed by atoms with E-state index >= 15 is 0 Å². The second kappa shape index (κ2) is 6.80. The molecule has 2 aromatic heterocycles. The Hall–Kier alpha value is -1.73. The number of aromatic nitrogens is 4. The summed E-state index contributed by atoms with van der Waals surface area (Å²) in [5.41, 5.74) is 1.29. The predicted molar refractivity (Wildman–Crippen MR) is 86.7 cm³/mol. The van der Waals surface area contributed by atoms with Crippen molar-refractivity contribution >= 4 is 0 Å². The third kappa shape index (κ3) is 3.61. The van der Waals surface area contributed by atoms with Gasteiger partial charge < -0.3 is 9.09 Å². The zero-order chi connectivity index (χ0) is 16.4. The quantitative estimate of drug-likeness (QED) is 0.835. The maximum Gasteiger partial charge on any atom is 0.223 e. The van der Waals surface area contributed by atoms with Crippen LogP contribution in [0.1, 0.15) is 36.3 Å². The van der Waals surface area contributed by atoms with Gasteiger partial charge in [0.15, 0.2) is 5.82 Å². The van der Waals surface area contributed by atoms with E-state index in [2.05, 4.69) is 50.6 Å². The summed E-state index contributed by atoms with van der Waals surface area (Å²) in [6.07, 6.45) is 6.36. The van der Waals surface area contributed by atoms with Gasteiger partial charge in [0.1, 0.15) is 0 Å². The normalized spacial score (nSPS) is 22.8. The van der Waals surface area contributed by atoms with E-state index < -0.39 is 0 Å². The van der Waals surface area contributed by atoms with Crippen molar-refractivity contribution < 1.29 is 4.52 Å². The SMILES string of the molecule is Cc1nc(CN(C)C[C@@H]2CCCN(C)[C@H]2c2cncn2C)no1. The molecule has 3 rings (SSSR count). The number of hydrogen-bond acceptors (Lipinski definition) is 6. The van der Waals surface area contributed by atoms with Gasteiger partial charge >= 0.3 is 0 Å². The van der Waals surface area contributed by atoms with Crippen LogP contribution in [0.5, 0.6) is 0 Å². The molecule has 23 heavy (non-hydrogen) atoms. The van der Waals surface area contributed by atoms with Crippen molar-refractivity contribution in [2.45, 2.75) is 32.4 Å². The highest BCUT2D eigenvalue weighted by Crippen LogP contribution is 2.35. The molecular weight excluding hydrogens is 292 g/mol. The van der Waals surface area contributed by atoms with E-state index in [1.807, 2.05) is 19.4 Å². The molecule has 3 heterocycles. The highest BCUT2D eigenvalue weighted by molar-refractivity contribution is 5.08. The molecule has 0 spiro atoms. The van der Waals surface area contributed by atoms with E-state index in [9.17, 15) is 0 Å². The fourth-order valence-electron chi connectivity index (χ4n) is 3.68. The van der Waals surface area contributed by atoms with Gasteiger partial charge in [-0.1, -0.05) is 5.16 Å². The molecule has 0 saturated carbocycles. The van der Waals surface area contributed by atoms with Gasteiger partial charge in [0.25, 0.3) is 0 Å². The predicted octanol–water partition coefficient (Wildman–Crippen LogP) is 1.63. The monoisotopic (exact) mass is 318 g/mol. The Bertz CT molecular complexity index is 636. The first kappa shape index (κ1) is 16.1. The van der Waals surface area contributed by atoms with Gasteiger partial charge in [-0.25, -0.2) is 4.98 Å². The summed E-state index contributed by atoms with van der Waals surface area (Å²) >= 11 is 0. The molecule has 126 valence electrons. The molecule has 0 bridgehead atoms. The van der Waals surface area contributed by atoms with E-state index in [-0.39, 0.29) is 0 Å². The van der Waals surface area contributed by atoms with Gasteiger partial charge in [0, 0.05) is 26.7 Å². The van der Waals surface area contributed by atoms with Crippen LogP contribution in [0, 0.1) is 12.8 Å². The lowest BCUT2D eigenvalue weighted by molar-refractivity contribution is 0.0872. The van der Waals surface area contributed by atoms with Gasteiger partial charge in [-0.3, -0.25) is 9.80 Å². The van der Waals surface area contributed by atoms with Crippen LogP contribution >= 0.6 is 0 Å². The second-order valence-electron chi connectivity index (χ2n) is 6.68. The Morgan fingerprint density at radius 3 is 2.87 bits per heavy atom. The van der Waals surface area contributed by atoms with Crippen molar-refractivity contribution in [3.05, 3.63) is 29.9 Å². The van der Waals surface area contributed by atoms with E-state index in [4.69, 9.17) is 4.52 Å². The lowest BCUT2D eigenvalue weighted by atomic mass is 9.87.